The molecular formula is C16H12FN3O2. The average Bonchev–Trinajstić information content (AvgIpc) is 2.79. The summed E-state index contributed by atoms with van der Waals surface area (Å²) in [5, 5.41) is 17.8. The van der Waals surface area contributed by atoms with Crippen molar-refractivity contribution in [3.8, 4) is 5.88 Å². The molecule has 0 aliphatic heterocycles. The normalized spacial score (nSPS) is 11.4. The van der Waals surface area contributed by atoms with Crippen LogP contribution in [0.5, 0.6) is 5.88 Å². The highest BCUT2D eigenvalue weighted by molar-refractivity contribution is 5.97. The molecule has 0 spiro atoms. The number of amides is 1. The second kappa shape index (κ2) is 5.40. The summed E-state index contributed by atoms with van der Waals surface area (Å²) in [6.45, 7) is 1.80. The van der Waals surface area contributed by atoms with E-state index >= 15 is 0 Å². The van der Waals surface area contributed by atoms with Gasteiger partial charge in [-0.15, -0.1) is 10.2 Å². The van der Waals surface area contributed by atoms with E-state index in [1.54, 1.807) is 25.1 Å². The van der Waals surface area contributed by atoms with E-state index in [1.807, 2.05) is 6.07 Å². The van der Waals surface area contributed by atoms with Gasteiger partial charge >= 0.3 is 0 Å². The monoisotopic (exact) mass is 297 g/mol. The zero-order valence-electron chi connectivity index (χ0n) is 11.7. The van der Waals surface area contributed by atoms with Gasteiger partial charge in [0.1, 0.15) is 5.82 Å². The van der Waals surface area contributed by atoms with Crippen molar-refractivity contribution in [2.75, 3.05) is 0 Å². The fourth-order valence-electron chi connectivity index (χ4n) is 2.20. The van der Waals surface area contributed by atoms with Crippen molar-refractivity contribution in [3.05, 3.63) is 59.4 Å². The second-order valence-electron chi connectivity index (χ2n) is 4.83. The third-order valence-corrected chi connectivity index (χ3v) is 3.33. The first-order valence-corrected chi connectivity index (χ1v) is 6.58. The summed E-state index contributed by atoms with van der Waals surface area (Å²) in [7, 11) is 0. The summed E-state index contributed by atoms with van der Waals surface area (Å²) in [5.41, 5.74) is 1.72. The van der Waals surface area contributed by atoms with Crippen LogP contribution in [0.1, 0.15) is 15.9 Å². The molecule has 0 saturated heterocycles. The first-order valence-electron chi connectivity index (χ1n) is 6.58. The lowest BCUT2D eigenvalue weighted by molar-refractivity contribution is 0.0994. The molecule has 5 nitrogen and oxygen atoms in total. The summed E-state index contributed by atoms with van der Waals surface area (Å²) in [6, 6.07) is 11.0. The van der Waals surface area contributed by atoms with E-state index in [2.05, 4.69) is 15.2 Å². The number of hydrogen-bond donors (Lipinski definition) is 2. The summed E-state index contributed by atoms with van der Waals surface area (Å²) in [6.07, 6.45) is 0. The minimum Gasteiger partial charge on any atom is -0.493 e. The standard InChI is InChI=1S/C16H12FN3O2/c1-9-4-2-3-5-11(9)15(21)20-19-14-12-7-6-10(17)8-13(12)18-16(14)22/h2-8,18,22H,1H3. The number of aromatic nitrogens is 1. The van der Waals surface area contributed by atoms with Crippen molar-refractivity contribution >= 4 is 22.5 Å². The zero-order chi connectivity index (χ0) is 15.7. The number of aromatic amines is 1. The largest absolute Gasteiger partial charge is 0.493 e. The second-order valence-corrected chi connectivity index (χ2v) is 4.83. The number of carbonyl (C=O) groups excluding carboxylic acids is 1. The van der Waals surface area contributed by atoms with E-state index in [-0.39, 0.29) is 11.6 Å². The minimum atomic E-state index is -0.506. The predicted molar refractivity (Wildman–Crippen MR) is 79.9 cm³/mol. The Kier molecular flexibility index (Phi) is 3.42. The van der Waals surface area contributed by atoms with Crippen LogP contribution in [-0.2, 0) is 0 Å². The number of aromatic hydroxyl groups is 1. The Morgan fingerprint density at radius 3 is 2.77 bits per heavy atom. The van der Waals surface area contributed by atoms with Gasteiger partial charge in [-0.1, -0.05) is 18.2 Å². The average molecular weight is 297 g/mol. The van der Waals surface area contributed by atoms with Crippen molar-refractivity contribution in [1.82, 2.24) is 4.98 Å². The van der Waals surface area contributed by atoms with Crippen LogP contribution in [0.15, 0.2) is 52.7 Å². The molecule has 0 saturated carbocycles. The molecule has 0 bridgehead atoms. The molecule has 3 aromatic rings. The maximum atomic E-state index is 13.1. The number of fused-ring (bicyclic) bond motifs is 1. The summed E-state index contributed by atoms with van der Waals surface area (Å²) in [4.78, 5) is 14.6. The van der Waals surface area contributed by atoms with Gasteiger partial charge in [-0.3, -0.25) is 4.79 Å². The Labute approximate surface area is 125 Å². The van der Waals surface area contributed by atoms with E-state index in [9.17, 15) is 14.3 Å². The van der Waals surface area contributed by atoms with E-state index in [4.69, 9.17) is 0 Å². The van der Waals surface area contributed by atoms with E-state index < -0.39 is 11.7 Å². The number of rotatable bonds is 2. The van der Waals surface area contributed by atoms with Crippen LogP contribution in [0.3, 0.4) is 0 Å². The maximum Gasteiger partial charge on any atom is 0.295 e. The molecule has 0 fully saturated rings. The van der Waals surface area contributed by atoms with Gasteiger partial charge in [-0.2, -0.15) is 0 Å². The van der Waals surface area contributed by atoms with Crippen molar-refractivity contribution in [2.45, 2.75) is 6.92 Å². The molecule has 1 heterocycles. The fourth-order valence-corrected chi connectivity index (χ4v) is 2.20. The number of H-pyrrole nitrogens is 1. The SMILES string of the molecule is Cc1ccccc1C(=O)N=Nc1c(O)[nH]c2cc(F)ccc12. The zero-order valence-corrected chi connectivity index (χ0v) is 11.7. The van der Waals surface area contributed by atoms with Gasteiger partial charge in [0.15, 0.2) is 5.69 Å². The number of nitrogens with one attached hydrogen (secondary N) is 1. The summed E-state index contributed by atoms with van der Waals surface area (Å²) in [5.74, 6) is -1.20. The van der Waals surface area contributed by atoms with Crippen LogP contribution in [0.2, 0.25) is 0 Å². The van der Waals surface area contributed by atoms with Crippen LogP contribution in [0.25, 0.3) is 10.9 Å². The number of halogens is 1. The lowest BCUT2D eigenvalue weighted by Gasteiger charge is -1.98. The van der Waals surface area contributed by atoms with E-state index in [1.165, 1.54) is 18.2 Å². The summed E-state index contributed by atoms with van der Waals surface area (Å²) >= 11 is 0. The van der Waals surface area contributed by atoms with Gasteiger partial charge in [-0.05, 0) is 36.8 Å². The molecule has 0 aliphatic carbocycles. The highest BCUT2D eigenvalue weighted by Gasteiger charge is 2.12. The highest BCUT2D eigenvalue weighted by atomic mass is 19.1. The Morgan fingerprint density at radius 1 is 1.23 bits per heavy atom. The van der Waals surface area contributed by atoms with Gasteiger partial charge in [0.2, 0.25) is 5.88 Å². The lowest BCUT2D eigenvalue weighted by Crippen LogP contribution is -1.96. The maximum absolute atomic E-state index is 13.1. The first-order chi connectivity index (χ1) is 10.6. The molecule has 3 rings (SSSR count). The molecule has 0 aliphatic rings. The summed E-state index contributed by atoms with van der Waals surface area (Å²) < 4.78 is 13.1. The molecule has 2 aromatic carbocycles. The van der Waals surface area contributed by atoms with E-state index in [0.29, 0.717) is 16.5 Å². The molecule has 0 atom stereocenters. The number of benzene rings is 2. The van der Waals surface area contributed by atoms with Crippen molar-refractivity contribution in [2.24, 2.45) is 10.2 Å². The van der Waals surface area contributed by atoms with Gasteiger partial charge < -0.3 is 10.1 Å². The van der Waals surface area contributed by atoms with Crippen LogP contribution >= 0.6 is 0 Å². The number of carbonyl (C=O) groups is 1. The number of azo groups is 1. The molecule has 1 amide bonds. The molecule has 0 radical (unpaired) electrons. The fraction of sp³-hybridized carbons (Fsp3) is 0.0625. The molecule has 1 aromatic heterocycles. The van der Waals surface area contributed by atoms with Gasteiger partial charge in [-0.25, -0.2) is 4.39 Å². The molecule has 2 N–H and O–H groups in total. The van der Waals surface area contributed by atoms with E-state index in [0.717, 1.165) is 5.56 Å². The van der Waals surface area contributed by atoms with Crippen LogP contribution in [0, 0.1) is 12.7 Å². The number of hydrogen-bond acceptors (Lipinski definition) is 3. The Morgan fingerprint density at radius 2 is 2.00 bits per heavy atom. The van der Waals surface area contributed by atoms with Gasteiger partial charge in [0, 0.05) is 10.9 Å². The molecule has 0 unspecified atom stereocenters. The minimum absolute atomic E-state index is 0.108. The van der Waals surface area contributed by atoms with Crippen LogP contribution in [-0.4, -0.2) is 16.0 Å². The van der Waals surface area contributed by atoms with Crippen molar-refractivity contribution in [3.63, 3.8) is 0 Å². The third kappa shape index (κ3) is 2.46. The van der Waals surface area contributed by atoms with Gasteiger partial charge in [0.05, 0.1) is 5.52 Å². The Hall–Kier alpha value is -3.02. The number of aryl methyl sites for hydroxylation is 1. The molecular weight excluding hydrogens is 285 g/mol. The molecule has 22 heavy (non-hydrogen) atoms. The Bertz CT molecular complexity index is 900. The van der Waals surface area contributed by atoms with Crippen molar-refractivity contribution in [1.29, 1.82) is 0 Å². The number of nitrogens with zero attached hydrogens (tertiary/aromatic N) is 2. The third-order valence-electron chi connectivity index (χ3n) is 3.33. The smallest absolute Gasteiger partial charge is 0.295 e. The quantitative estimate of drug-likeness (QED) is 0.694. The van der Waals surface area contributed by atoms with Crippen LogP contribution < -0.4 is 0 Å². The first kappa shape index (κ1) is 13.9. The Balaban J connectivity index is 1.98. The van der Waals surface area contributed by atoms with Gasteiger partial charge in [0.25, 0.3) is 5.91 Å². The van der Waals surface area contributed by atoms with Crippen LogP contribution in [0.4, 0.5) is 10.1 Å². The lowest BCUT2D eigenvalue weighted by atomic mass is 10.1. The molecule has 6 heteroatoms. The van der Waals surface area contributed by atoms with Crippen molar-refractivity contribution < 1.29 is 14.3 Å². The molecule has 110 valence electrons. The topological polar surface area (TPSA) is 77.8 Å². The highest BCUT2D eigenvalue weighted by Crippen LogP contribution is 2.35. The predicted octanol–water partition coefficient (Wildman–Crippen LogP) is 4.25.